The first-order chi connectivity index (χ1) is 16.1. The molecule has 9 heteroatoms. The van der Waals surface area contributed by atoms with Gasteiger partial charge < -0.3 is 15.0 Å². The third-order valence-electron chi connectivity index (χ3n) is 5.32. The number of ether oxygens (including phenoxy) is 1. The number of anilines is 2. The molecule has 0 aromatic heterocycles. The fourth-order valence-electron chi connectivity index (χ4n) is 3.22. The maximum atomic E-state index is 13.1. The summed E-state index contributed by atoms with van der Waals surface area (Å²) in [5.74, 6) is 0.0585. The van der Waals surface area contributed by atoms with Gasteiger partial charge in [0.2, 0.25) is 5.91 Å². The van der Waals surface area contributed by atoms with Gasteiger partial charge in [0.15, 0.2) is 0 Å². The van der Waals surface area contributed by atoms with Crippen molar-refractivity contribution in [1.82, 2.24) is 4.90 Å². The minimum absolute atomic E-state index is 0.0383. The fraction of sp³-hybridized carbons (Fsp3) is 0.200. The maximum absolute atomic E-state index is 13.1. The van der Waals surface area contributed by atoms with Crippen LogP contribution >= 0.6 is 0 Å². The van der Waals surface area contributed by atoms with Gasteiger partial charge in [0.1, 0.15) is 5.75 Å². The molecule has 0 saturated carbocycles. The molecule has 0 heterocycles. The van der Waals surface area contributed by atoms with Crippen LogP contribution in [0, 0.1) is 6.92 Å². The van der Waals surface area contributed by atoms with E-state index in [9.17, 15) is 18.0 Å². The molecule has 3 aromatic carbocycles. The van der Waals surface area contributed by atoms with Crippen LogP contribution in [0.3, 0.4) is 0 Å². The molecular weight excluding hydrogens is 454 g/mol. The molecule has 0 atom stereocenters. The van der Waals surface area contributed by atoms with E-state index in [4.69, 9.17) is 4.74 Å². The van der Waals surface area contributed by atoms with E-state index in [1.807, 2.05) is 12.1 Å². The molecule has 2 N–H and O–H groups in total. The highest BCUT2D eigenvalue weighted by atomic mass is 32.2. The van der Waals surface area contributed by atoms with Crippen LogP contribution in [0.2, 0.25) is 0 Å². The SMILES string of the molecule is COc1ccc(NS(=O)(=O)c2ccc(C)c(C(=O)Nc3ccccc3CN(C)C(C)=O)c2)cc1. The first-order valence-electron chi connectivity index (χ1n) is 10.5. The van der Waals surface area contributed by atoms with Gasteiger partial charge in [-0.3, -0.25) is 14.3 Å². The molecule has 0 aliphatic heterocycles. The van der Waals surface area contributed by atoms with Crippen molar-refractivity contribution >= 4 is 33.2 Å². The molecule has 34 heavy (non-hydrogen) atoms. The Bertz CT molecular complexity index is 1300. The highest BCUT2D eigenvalue weighted by molar-refractivity contribution is 7.92. The van der Waals surface area contributed by atoms with Crippen LogP contribution in [0.4, 0.5) is 11.4 Å². The molecule has 3 aromatic rings. The topological polar surface area (TPSA) is 105 Å². The lowest BCUT2D eigenvalue weighted by atomic mass is 10.1. The molecule has 178 valence electrons. The Labute approximate surface area is 199 Å². The van der Waals surface area contributed by atoms with Crippen molar-refractivity contribution < 1.29 is 22.7 Å². The van der Waals surface area contributed by atoms with Crippen molar-refractivity contribution in [3.05, 3.63) is 83.4 Å². The summed E-state index contributed by atoms with van der Waals surface area (Å²) in [5.41, 5.74) is 2.53. The molecule has 0 spiro atoms. The van der Waals surface area contributed by atoms with Crippen molar-refractivity contribution in [2.75, 3.05) is 24.2 Å². The van der Waals surface area contributed by atoms with E-state index in [0.717, 1.165) is 5.56 Å². The second-order valence-corrected chi connectivity index (χ2v) is 9.48. The van der Waals surface area contributed by atoms with E-state index in [0.29, 0.717) is 29.2 Å². The molecule has 0 bridgehead atoms. The van der Waals surface area contributed by atoms with E-state index in [-0.39, 0.29) is 16.4 Å². The Morgan fingerprint density at radius 2 is 1.68 bits per heavy atom. The van der Waals surface area contributed by atoms with Gasteiger partial charge in [-0.2, -0.15) is 0 Å². The van der Waals surface area contributed by atoms with E-state index < -0.39 is 15.9 Å². The van der Waals surface area contributed by atoms with Crippen LogP contribution in [0.25, 0.3) is 0 Å². The maximum Gasteiger partial charge on any atom is 0.261 e. The number of carbonyl (C=O) groups is 2. The summed E-state index contributed by atoms with van der Waals surface area (Å²) in [4.78, 5) is 26.2. The average Bonchev–Trinajstić information content (AvgIpc) is 2.80. The molecule has 0 radical (unpaired) electrons. The van der Waals surface area contributed by atoms with Crippen molar-refractivity contribution in [1.29, 1.82) is 0 Å². The van der Waals surface area contributed by atoms with E-state index in [2.05, 4.69) is 10.0 Å². The Hall–Kier alpha value is -3.85. The number of hydrogen-bond acceptors (Lipinski definition) is 5. The van der Waals surface area contributed by atoms with Crippen molar-refractivity contribution in [2.45, 2.75) is 25.3 Å². The number of amides is 2. The van der Waals surface area contributed by atoms with Gasteiger partial charge in [0, 0.05) is 37.5 Å². The Morgan fingerprint density at radius 1 is 1.00 bits per heavy atom. The Balaban J connectivity index is 1.85. The summed E-state index contributed by atoms with van der Waals surface area (Å²) in [6.07, 6.45) is 0. The number of aryl methyl sites for hydroxylation is 1. The largest absolute Gasteiger partial charge is 0.497 e. The number of nitrogens with zero attached hydrogens (tertiary/aromatic N) is 1. The molecule has 2 amide bonds. The van der Waals surface area contributed by atoms with Gasteiger partial charge >= 0.3 is 0 Å². The number of rotatable bonds is 8. The van der Waals surface area contributed by atoms with Crippen LogP contribution < -0.4 is 14.8 Å². The summed E-state index contributed by atoms with van der Waals surface area (Å²) in [6, 6.07) is 18.0. The number of nitrogens with one attached hydrogen (secondary N) is 2. The van der Waals surface area contributed by atoms with Crippen molar-refractivity contribution in [3.8, 4) is 5.75 Å². The zero-order chi connectivity index (χ0) is 24.9. The monoisotopic (exact) mass is 481 g/mol. The van der Waals surface area contributed by atoms with E-state index >= 15 is 0 Å². The summed E-state index contributed by atoms with van der Waals surface area (Å²) in [5, 5.41) is 2.85. The van der Waals surface area contributed by atoms with Gasteiger partial charge in [0.05, 0.1) is 12.0 Å². The van der Waals surface area contributed by atoms with E-state index in [1.54, 1.807) is 56.4 Å². The second-order valence-electron chi connectivity index (χ2n) is 7.80. The lowest BCUT2D eigenvalue weighted by Crippen LogP contribution is -2.24. The van der Waals surface area contributed by atoms with Crippen molar-refractivity contribution in [2.24, 2.45) is 0 Å². The third-order valence-corrected chi connectivity index (χ3v) is 6.70. The van der Waals surface area contributed by atoms with Crippen LogP contribution in [0.5, 0.6) is 5.75 Å². The van der Waals surface area contributed by atoms with Gasteiger partial charge in [-0.25, -0.2) is 8.42 Å². The van der Waals surface area contributed by atoms with Gasteiger partial charge in [-0.15, -0.1) is 0 Å². The first-order valence-corrected chi connectivity index (χ1v) is 12.0. The van der Waals surface area contributed by atoms with E-state index in [1.165, 1.54) is 31.1 Å². The lowest BCUT2D eigenvalue weighted by Gasteiger charge is -2.18. The number of benzene rings is 3. The van der Waals surface area contributed by atoms with Crippen molar-refractivity contribution in [3.63, 3.8) is 0 Å². The summed E-state index contributed by atoms with van der Waals surface area (Å²) in [7, 11) is -0.725. The highest BCUT2D eigenvalue weighted by Gasteiger charge is 2.19. The predicted molar refractivity (Wildman–Crippen MR) is 132 cm³/mol. The predicted octanol–water partition coefficient (Wildman–Crippen LogP) is 4.04. The third kappa shape index (κ3) is 5.93. The molecule has 0 saturated heterocycles. The zero-order valence-corrected chi connectivity index (χ0v) is 20.3. The molecule has 8 nitrogen and oxygen atoms in total. The number of sulfonamides is 1. The molecule has 0 aliphatic carbocycles. The van der Waals surface area contributed by atoms with Gasteiger partial charge in [0.25, 0.3) is 15.9 Å². The van der Waals surface area contributed by atoms with Crippen LogP contribution in [-0.2, 0) is 21.4 Å². The molecular formula is C25H27N3O5S. The Kier molecular flexibility index (Phi) is 7.57. The first kappa shape index (κ1) is 24.8. The van der Waals surface area contributed by atoms with Gasteiger partial charge in [-0.05, 0) is 60.5 Å². The summed E-state index contributed by atoms with van der Waals surface area (Å²) < 4.78 is 33.5. The quantitative estimate of drug-likeness (QED) is 0.505. The number of methoxy groups -OCH3 is 1. The lowest BCUT2D eigenvalue weighted by molar-refractivity contribution is -0.128. The molecule has 0 fully saturated rings. The molecule has 0 aliphatic rings. The summed E-state index contributed by atoms with van der Waals surface area (Å²) in [6.45, 7) is 3.53. The second kappa shape index (κ2) is 10.4. The van der Waals surface area contributed by atoms with Crippen LogP contribution in [-0.4, -0.2) is 39.3 Å². The van der Waals surface area contributed by atoms with Crippen LogP contribution in [0.1, 0.15) is 28.4 Å². The molecule has 0 unspecified atom stereocenters. The highest BCUT2D eigenvalue weighted by Crippen LogP contribution is 2.23. The minimum Gasteiger partial charge on any atom is -0.497 e. The fourth-order valence-corrected chi connectivity index (χ4v) is 4.31. The smallest absolute Gasteiger partial charge is 0.261 e. The normalized spacial score (nSPS) is 10.9. The number of carbonyl (C=O) groups excluding carboxylic acids is 2. The average molecular weight is 482 g/mol. The number of hydrogen-bond donors (Lipinski definition) is 2. The zero-order valence-electron chi connectivity index (χ0n) is 19.5. The molecule has 3 rings (SSSR count). The minimum atomic E-state index is -3.93. The van der Waals surface area contributed by atoms with Crippen LogP contribution in [0.15, 0.2) is 71.6 Å². The standard InChI is InChI=1S/C25H27N3O5S/c1-17-9-14-22(34(31,32)27-20-10-12-21(33-4)13-11-20)15-23(17)25(30)26-24-8-6-5-7-19(24)16-28(3)18(2)29/h5-15,27H,16H2,1-4H3,(H,26,30). The summed E-state index contributed by atoms with van der Waals surface area (Å²) >= 11 is 0. The number of para-hydroxylation sites is 1. The Morgan fingerprint density at radius 3 is 2.32 bits per heavy atom. The van der Waals surface area contributed by atoms with Gasteiger partial charge in [-0.1, -0.05) is 24.3 Å².